The van der Waals surface area contributed by atoms with Crippen molar-refractivity contribution < 1.29 is 14.6 Å². The van der Waals surface area contributed by atoms with Crippen LogP contribution in [-0.2, 0) is 0 Å². The Kier molecular flexibility index (Phi) is 5.90. The van der Waals surface area contributed by atoms with Crippen LogP contribution in [0.1, 0.15) is 0 Å². The molecule has 1 heterocycles. The molecule has 3 rings (SSSR count). The van der Waals surface area contributed by atoms with Gasteiger partial charge in [0.2, 0.25) is 0 Å². The zero-order valence-corrected chi connectivity index (χ0v) is 15.9. The van der Waals surface area contributed by atoms with E-state index in [9.17, 15) is 5.11 Å². The van der Waals surface area contributed by atoms with E-state index in [1.807, 2.05) is 18.4 Å². The molecular formula is C18H18ClN3O3S. The lowest BCUT2D eigenvalue weighted by Crippen LogP contribution is -2.02. The maximum atomic E-state index is 9.77. The summed E-state index contributed by atoms with van der Waals surface area (Å²) in [6.45, 7) is 0.581. The SMILES string of the molecule is COc1cc2c(Nc3cccc(O)c3Cl)ncnc2cc1OCCSC. The molecule has 3 aromatic rings. The van der Waals surface area contributed by atoms with E-state index in [0.29, 0.717) is 35.1 Å². The van der Waals surface area contributed by atoms with Gasteiger partial charge in [-0.15, -0.1) is 0 Å². The monoisotopic (exact) mass is 391 g/mol. The summed E-state index contributed by atoms with van der Waals surface area (Å²) in [5.74, 6) is 2.66. The van der Waals surface area contributed by atoms with E-state index in [4.69, 9.17) is 21.1 Å². The van der Waals surface area contributed by atoms with Crippen molar-refractivity contribution in [3.8, 4) is 17.2 Å². The van der Waals surface area contributed by atoms with Gasteiger partial charge in [0.1, 0.15) is 22.9 Å². The highest BCUT2D eigenvalue weighted by Crippen LogP contribution is 2.37. The Morgan fingerprint density at radius 3 is 2.85 bits per heavy atom. The topological polar surface area (TPSA) is 76.5 Å². The molecule has 8 heteroatoms. The van der Waals surface area contributed by atoms with Crippen molar-refractivity contribution in [1.29, 1.82) is 0 Å². The summed E-state index contributed by atoms with van der Waals surface area (Å²) >= 11 is 7.86. The largest absolute Gasteiger partial charge is 0.506 e. The number of fused-ring (bicyclic) bond motifs is 1. The third-order valence-electron chi connectivity index (χ3n) is 3.70. The van der Waals surface area contributed by atoms with Gasteiger partial charge in [-0.25, -0.2) is 9.97 Å². The molecular weight excluding hydrogens is 374 g/mol. The number of anilines is 2. The number of benzene rings is 2. The lowest BCUT2D eigenvalue weighted by molar-refractivity contribution is 0.314. The van der Waals surface area contributed by atoms with E-state index in [1.165, 1.54) is 12.4 Å². The third-order valence-corrected chi connectivity index (χ3v) is 4.67. The number of nitrogens with one attached hydrogen (secondary N) is 1. The smallest absolute Gasteiger partial charge is 0.163 e. The molecule has 136 valence electrons. The number of rotatable bonds is 7. The van der Waals surface area contributed by atoms with Crippen molar-refractivity contribution in [2.24, 2.45) is 0 Å². The summed E-state index contributed by atoms with van der Waals surface area (Å²) in [4.78, 5) is 8.60. The van der Waals surface area contributed by atoms with Gasteiger partial charge in [0.25, 0.3) is 0 Å². The van der Waals surface area contributed by atoms with Gasteiger partial charge >= 0.3 is 0 Å². The summed E-state index contributed by atoms with van der Waals surface area (Å²) in [6.07, 6.45) is 3.48. The molecule has 0 unspecified atom stereocenters. The summed E-state index contributed by atoms with van der Waals surface area (Å²) in [7, 11) is 1.59. The van der Waals surface area contributed by atoms with E-state index in [-0.39, 0.29) is 10.8 Å². The molecule has 26 heavy (non-hydrogen) atoms. The molecule has 0 radical (unpaired) electrons. The Labute approximate surface area is 160 Å². The highest BCUT2D eigenvalue weighted by atomic mass is 35.5. The molecule has 0 aliphatic heterocycles. The number of hydrogen-bond donors (Lipinski definition) is 2. The normalized spacial score (nSPS) is 10.7. The predicted molar refractivity (Wildman–Crippen MR) is 106 cm³/mol. The van der Waals surface area contributed by atoms with Crippen LogP contribution in [0, 0.1) is 0 Å². The number of halogens is 1. The fraction of sp³-hybridized carbons (Fsp3) is 0.222. The molecule has 0 aliphatic rings. The van der Waals surface area contributed by atoms with Crippen molar-refractivity contribution in [3.05, 3.63) is 41.7 Å². The highest BCUT2D eigenvalue weighted by molar-refractivity contribution is 7.98. The van der Waals surface area contributed by atoms with E-state index >= 15 is 0 Å². The van der Waals surface area contributed by atoms with Gasteiger partial charge in [-0.05, 0) is 24.5 Å². The number of hydrogen-bond acceptors (Lipinski definition) is 7. The van der Waals surface area contributed by atoms with E-state index in [1.54, 1.807) is 31.0 Å². The minimum absolute atomic E-state index is 0.00270. The second kappa shape index (κ2) is 8.33. The van der Waals surface area contributed by atoms with Crippen molar-refractivity contribution in [3.63, 3.8) is 0 Å². The van der Waals surface area contributed by atoms with Gasteiger partial charge < -0.3 is 19.9 Å². The van der Waals surface area contributed by atoms with Crippen molar-refractivity contribution in [2.45, 2.75) is 0 Å². The molecule has 0 saturated heterocycles. The number of aromatic hydroxyl groups is 1. The van der Waals surface area contributed by atoms with Crippen LogP contribution in [0.3, 0.4) is 0 Å². The minimum atomic E-state index is -0.00270. The molecule has 0 bridgehead atoms. The van der Waals surface area contributed by atoms with Crippen LogP contribution >= 0.6 is 23.4 Å². The fourth-order valence-electron chi connectivity index (χ4n) is 2.41. The molecule has 0 atom stereocenters. The van der Waals surface area contributed by atoms with Crippen molar-refractivity contribution in [1.82, 2.24) is 9.97 Å². The molecule has 0 saturated carbocycles. The number of nitrogens with zero attached hydrogens (tertiary/aromatic N) is 2. The van der Waals surface area contributed by atoms with Gasteiger partial charge in [-0.1, -0.05) is 17.7 Å². The van der Waals surface area contributed by atoms with Crippen LogP contribution in [0.2, 0.25) is 5.02 Å². The zero-order valence-electron chi connectivity index (χ0n) is 14.3. The molecule has 6 nitrogen and oxygen atoms in total. The third kappa shape index (κ3) is 3.89. The number of phenols is 1. The second-order valence-electron chi connectivity index (χ2n) is 5.35. The standard InChI is InChI=1S/C18H18ClN3O3S/c1-24-15-8-11-13(9-16(15)25-6-7-26-2)20-10-21-18(11)22-12-4-3-5-14(23)17(12)19/h3-5,8-10,23H,6-7H2,1-2H3,(H,20,21,22). The van der Waals surface area contributed by atoms with Crippen LogP contribution in [0.5, 0.6) is 17.2 Å². The van der Waals surface area contributed by atoms with E-state index < -0.39 is 0 Å². The average Bonchev–Trinajstić information content (AvgIpc) is 2.65. The lowest BCUT2D eigenvalue weighted by Gasteiger charge is -2.14. The van der Waals surface area contributed by atoms with Gasteiger partial charge in [-0.3, -0.25) is 0 Å². The molecule has 1 aromatic heterocycles. The summed E-state index contributed by atoms with van der Waals surface area (Å²) in [5, 5.41) is 13.9. The molecule has 2 aromatic carbocycles. The van der Waals surface area contributed by atoms with Crippen LogP contribution in [0.25, 0.3) is 10.9 Å². The first-order chi connectivity index (χ1) is 12.6. The summed E-state index contributed by atoms with van der Waals surface area (Å²) in [6, 6.07) is 8.62. The number of aromatic nitrogens is 2. The Bertz CT molecular complexity index is 924. The Balaban J connectivity index is 2.00. The van der Waals surface area contributed by atoms with Gasteiger partial charge in [0.05, 0.1) is 24.9 Å². The summed E-state index contributed by atoms with van der Waals surface area (Å²) < 4.78 is 11.2. The van der Waals surface area contributed by atoms with Gasteiger partial charge in [0, 0.05) is 17.2 Å². The predicted octanol–water partition coefficient (Wildman–Crippen LogP) is 4.48. The zero-order chi connectivity index (χ0) is 18.5. The second-order valence-corrected chi connectivity index (χ2v) is 6.71. The first-order valence-corrected chi connectivity index (χ1v) is 9.60. The molecule has 0 aliphatic carbocycles. The fourth-order valence-corrected chi connectivity index (χ4v) is 2.84. The first-order valence-electron chi connectivity index (χ1n) is 7.83. The Morgan fingerprint density at radius 1 is 1.23 bits per heavy atom. The number of phenolic OH excluding ortho intramolecular Hbond substituents is 1. The Hall–Kier alpha value is -2.38. The van der Waals surface area contributed by atoms with E-state index in [2.05, 4.69) is 15.3 Å². The summed E-state index contributed by atoms with van der Waals surface area (Å²) in [5.41, 5.74) is 1.25. The quantitative estimate of drug-likeness (QED) is 0.575. The van der Waals surface area contributed by atoms with Crippen LogP contribution in [0.15, 0.2) is 36.7 Å². The minimum Gasteiger partial charge on any atom is -0.506 e. The maximum Gasteiger partial charge on any atom is 0.163 e. The van der Waals surface area contributed by atoms with Gasteiger partial charge in [0.15, 0.2) is 11.5 Å². The number of ether oxygens (including phenoxy) is 2. The van der Waals surface area contributed by atoms with Gasteiger partial charge in [-0.2, -0.15) is 11.8 Å². The number of methoxy groups -OCH3 is 1. The Morgan fingerprint density at radius 2 is 2.08 bits per heavy atom. The highest BCUT2D eigenvalue weighted by Gasteiger charge is 2.13. The maximum absolute atomic E-state index is 9.77. The van der Waals surface area contributed by atoms with Crippen molar-refractivity contribution in [2.75, 3.05) is 31.0 Å². The molecule has 0 spiro atoms. The van der Waals surface area contributed by atoms with Crippen LogP contribution in [-0.4, -0.2) is 40.8 Å². The van der Waals surface area contributed by atoms with Crippen LogP contribution in [0.4, 0.5) is 11.5 Å². The molecule has 0 fully saturated rings. The first kappa shape index (κ1) is 18.4. The average molecular weight is 392 g/mol. The lowest BCUT2D eigenvalue weighted by atomic mass is 10.2. The van der Waals surface area contributed by atoms with Crippen molar-refractivity contribution >= 4 is 45.8 Å². The van der Waals surface area contributed by atoms with Crippen LogP contribution < -0.4 is 14.8 Å². The number of thioether (sulfide) groups is 1. The molecule has 2 N–H and O–H groups in total. The molecule has 0 amide bonds. The van der Waals surface area contributed by atoms with E-state index in [0.717, 1.165) is 11.1 Å².